The number of aromatic nitrogens is 4. The number of hydrogen-bond donors (Lipinski definition) is 4. The average molecular weight is 361 g/mol. The van der Waals surface area contributed by atoms with E-state index in [1.165, 1.54) is 10.9 Å². The Hall–Kier alpha value is -1.82. The summed E-state index contributed by atoms with van der Waals surface area (Å²) in [6, 6.07) is 0. The topological polar surface area (TPSA) is 175 Å². The van der Waals surface area contributed by atoms with Crippen LogP contribution >= 0.6 is 7.82 Å². The van der Waals surface area contributed by atoms with E-state index < -0.39 is 38.4 Å². The van der Waals surface area contributed by atoms with Gasteiger partial charge in [-0.3, -0.25) is 23.4 Å². The number of nitrogens with two attached hydrogens (primary N) is 1. The highest BCUT2D eigenvalue weighted by molar-refractivity contribution is 7.47. The lowest BCUT2D eigenvalue weighted by atomic mass is 10.2. The normalized spacial score (nSPS) is 26.7. The SMILES string of the molecule is COP(=O)(O)O[C@H]1C[C@H](n2cnc3c(=O)[nH]c(N)nc32)O[C@@H]1CO. The average Bonchev–Trinajstić information content (AvgIpc) is 3.10. The molecule has 0 bridgehead atoms. The summed E-state index contributed by atoms with van der Waals surface area (Å²) in [7, 11) is -3.21. The van der Waals surface area contributed by atoms with Gasteiger partial charge in [0.2, 0.25) is 5.95 Å². The van der Waals surface area contributed by atoms with Crippen molar-refractivity contribution in [2.75, 3.05) is 19.5 Å². The molecule has 4 atom stereocenters. The lowest BCUT2D eigenvalue weighted by Crippen LogP contribution is -2.27. The van der Waals surface area contributed by atoms with Crippen LogP contribution in [0.15, 0.2) is 11.1 Å². The van der Waals surface area contributed by atoms with Crippen molar-refractivity contribution in [1.82, 2.24) is 19.5 Å². The molecule has 2 aromatic heterocycles. The molecule has 1 aliphatic heterocycles. The van der Waals surface area contributed by atoms with E-state index in [9.17, 15) is 19.4 Å². The molecular formula is C11H16N5O7P. The highest BCUT2D eigenvalue weighted by Crippen LogP contribution is 2.47. The molecule has 0 saturated carbocycles. The Morgan fingerprint density at radius 2 is 2.38 bits per heavy atom. The third kappa shape index (κ3) is 3.07. The van der Waals surface area contributed by atoms with Gasteiger partial charge in [-0.2, -0.15) is 4.98 Å². The fraction of sp³-hybridized carbons (Fsp3) is 0.545. The van der Waals surface area contributed by atoms with Gasteiger partial charge in [-0.15, -0.1) is 0 Å². The van der Waals surface area contributed by atoms with Crippen molar-refractivity contribution in [2.45, 2.75) is 24.9 Å². The van der Waals surface area contributed by atoms with E-state index in [1.54, 1.807) is 0 Å². The Morgan fingerprint density at radius 3 is 3.04 bits per heavy atom. The minimum atomic E-state index is -4.25. The van der Waals surface area contributed by atoms with Crippen molar-refractivity contribution < 1.29 is 28.3 Å². The van der Waals surface area contributed by atoms with Gasteiger partial charge in [-0.1, -0.05) is 0 Å². The first-order valence-corrected chi connectivity index (χ1v) is 8.39. The van der Waals surface area contributed by atoms with Crippen molar-refractivity contribution >= 4 is 24.9 Å². The van der Waals surface area contributed by atoms with Gasteiger partial charge in [0.15, 0.2) is 11.2 Å². The summed E-state index contributed by atoms with van der Waals surface area (Å²) in [5.74, 6) is -0.0852. The number of aliphatic hydroxyl groups is 1. The van der Waals surface area contributed by atoms with Crippen LogP contribution in [0.25, 0.3) is 11.2 Å². The van der Waals surface area contributed by atoms with Crippen molar-refractivity contribution in [1.29, 1.82) is 0 Å². The number of imidazole rings is 1. The third-order valence-corrected chi connectivity index (χ3v) is 4.62. The van der Waals surface area contributed by atoms with Crippen LogP contribution in [0, 0.1) is 0 Å². The molecule has 12 nitrogen and oxygen atoms in total. The first kappa shape index (κ1) is 17.0. The maximum absolute atomic E-state index is 11.8. The van der Waals surface area contributed by atoms with E-state index in [-0.39, 0.29) is 23.5 Å². The molecule has 5 N–H and O–H groups in total. The lowest BCUT2D eigenvalue weighted by molar-refractivity contribution is -0.0431. The molecule has 13 heteroatoms. The predicted octanol–water partition coefficient (Wildman–Crippen LogP) is -0.886. The molecule has 2 aromatic rings. The zero-order valence-electron chi connectivity index (χ0n) is 12.5. The second kappa shape index (κ2) is 6.24. The van der Waals surface area contributed by atoms with Gasteiger partial charge in [-0.05, 0) is 0 Å². The molecule has 0 spiro atoms. The predicted molar refractivity (Wildman–Crippen MR) is 79.9 cm³/mol. The van der Waals surface area contributed by atoms with Crippen LogP contribution in [0.2, 0.25) is 0 Å². The standard InChI is InChI=1S/C11H16N5O7P/c1-21-24(19,20)23-5-2-7(22-6(5)3-17)16-4-13-8-9(16)14-11(12)15-10(8)18/h4-7,17H,2-3H2,1H3,(H,19,20)(H3,12,14,15,18)/t5-,6+,7+/m0/s1. The van der Waals surface area contributed by atoms with Gasteiger partial charge in [0.1, 0.15) is 18.4 Å². The maximum atomic E-state index is 11.8. The van der Waals surface area contributed by atoms with Crippen molar-refractivity contribution in [3.05, 3.63) is 16.7 Å². The van der Waals surface area contributed by atoms with Crippen LogP contribution in [0.3, 0.4) is 0 Å². The largest absolute Gasteiger partial charge is 0.472 e. The minimum Gasteiger partial charge on any atom is -0.394 e. The van der Waals surface area contributed by atoms with E-state index in [1.807, 2.05) is 0 Å². The van der Waals surface area contributed by atoms with Gasteiger partial charge >= 0.3 is 7.82 Å². The number of rotatable bonds is 5. The molecule has 3 rings (SSSR count). The quantitative estimate of drug-likeness (QED) is 0.489. The minimum absolute atomic E-state index is 0.0717. The fourth-order valence-electron chi connectivity index (χ4n) is 2.51. The Bertz CT molecular complexity index is 851. The van der Waals surface area contributed by atoms with E-state index in [2.05, 4.69) is 19.5 Å². The number of hydrogen-bond acceptors (Lipinski definition) is 9. The van der Waals surface area contributed by atoms with E-state index in [4.69, 9.17) is 15.0 Å². The fourth-order valence-corrected chi connectivity index (χ4v) is 3.16. The number of ether oxygens (including phenoxy) is 1. The smallest absolute Gasteiger partial charge is 0.394 e. The number of nitrogen functional groups attached to an aromatic ring is 1. The Labute approximate surface area is 134 Å². The second-order valence-corrected chi connectivity index (χ2v) is 6.63. The molecule has 1 unspecified atom stereocenters. The summed E-state index contributed by atoms with van der Waals surface area (Å²) in [4.78, 5) is 31.5. The first-order valence-electron chi connectivity index (χ1n) is 6.90. The number of aliphatic hydroxyl groups excluding tert-OH is 1. The zero-order valence-corrected chi connectivity index (χ0v) is 13.4. The number of nitrogens with zero attached hydrogens (tertiary/aromatic N) is 3. The van der Waals surface area contributed by atoms with Gasteiger partial charge in [0.25, 0.3) is 5.56 Å². The molecule has 0 amide bonds. The molecule has 24 heavy (non-hydrogen) atoms. The maximum Gasteiger partial charge on any atom is 0.472 e. The number of anilines is 1. The summed E-state index contributed by atoms with van der Waals surface area (Å²) < 4.78 is 28.0. The van der Waals surface area contributed by atoms with Crippen LogP contribution in [0.1, 0.15) is 12.6 Å². The number of aromatic amines is 1. The third-order valence-electron chi connectivity index (χ3n) is 3.62. The molecule has 3 heterocycles. The monoisotopic (exact) mass is 361 g/mol. The number of fused-ring (bicyclic) bond motifs is 1. The van der Waals surface area contributed by atoms with Crippen LogP contribution in [0.4, 0.5) is 5.95 Å². The summed E-state index contributed by atoms with van der Waals surface area (Å²) in [5, 5.41) is 9.39. The van der Waals surface area contributed by atoms with Crippen LogP contribution in [-0.2, 0) is 18.3 Å². The molecule has 132 valence electrons. The molecule has 1 aliphatic rings. The van der Waals surface area contributed by atoms with Crippen LogP contribution in [-0.4, -0.2) is 55.4 Å². The van der Waals surface area contributed by atoms with E-state index in [0.717, 1.165) is 7.11 Å². The number of phosphoric ester groups is 1. The number of phosphoric acid groups is 1. The number of nitrogens with one attached hydrogen (secondary N) is 1. The molecule has 0 aromatic carbocycles. The van der Waals surface area contributed by atoms with Gasteiger partial charge < -0.3 is 20.5 Å². The van der Waals surface area contributed by atoms with Gasteiger partial charge in [0.05, 0.1) is 12.9 Å². The molecule has 1 fully saturated rings. The van der Waals surface area contributed by atoms with E-state index in [0.29, 0.717) is 0 Å². The van der Waals surface area contributed by atoms with Crippen molar-refractivity contribution in [3.8, 4) is 0 Å². The van der Waals surface area contributed by atoms with E-state index >= 15 is 0 Å². The molecule has 0 aliphatic carbocycles. The van der Waals surface area contributed by atoms with Gasteiger partial charge in [0, 0.05) is 13.5 Å². The highest BCUT2D eigenvalue weighted by Gasteiger charge is 2.41. The summed E-state index contributed by atoms with van der Waals surface area (Å²) in [6.07, 6.45) is -1.03. The Balaban J connectivity index is 1.91. The number of H-pyrrole nitrogens is 1. The second-order valence-electron chi connectivity index (χ2n) is 5.12. The molecule has 0 radical (unpaired) electrons. The zero-order chi connectivity index (χ0) is 17.5. The van der Waals surface area contributed by atoms with Crippen molar-refractivity contribution in [2.24, 2.45) is 0 Å². The molecule has 1 saturated heterocycles. The summed E-state index contributed by atoms with van der Waals surface area (Å²) >= 11 is 0. The lowest BCUT2D eigenvalue weighted by Gasteiger charge is -2.18. The summed E-state index contributed by atoms with van der Waals surface area (Å²) in [5.41, 5.74) is 5.30. The Kier molecular flexibility index (Phi) is 4.42. The Morgan fingerprint density at radius 1 is 1.62 bits per heavy atom. The molecular weight excluding hydrogens is 345 g/mol. The summed E-state index contributed by atoms with van der Waals surface area (Å²) in [6.45, 7) is -0.437. The highest BCUT2D eigenvalue weighted by atomic mass is 31.2. The first-order chi connectivity index (χ1) is 11.3. The van der Waals surface area contributed by atoms with Crippen LogP contribution in [0.5, 0.6) is 0 Å². The van der Waals surface area contributed by atoms with Crippen molar-refractivity contribution in [3.63, 3.8) is 0 Å². The van der Waals surface area contributed by atoms with Crippen LogP contribution < -0.4 is 11.3 Å². The van der Waals surface area contributed by atoms with Gasteiger partial charge in [-0.25, -0.2) is 9.55 Å².